The number of carbonyl (C=O) groups excluding carboxylic acids is 1. The lowest BCUT2D eigenvalue weighted by molar-refractivity contribution is 0.0889. The van der Waals surface area contributed by atoms with Gasteiger partial charge in [0.2, 0.25) is 0 Å². The van der Waals surface area contributed by atoms with Gasteiger partial charge in [-0.25, -0.2) is 0 Å². The van der Waals surface area contributed by atoms with Gasteiger partial charge >= 0.3 is 0 Å². The Hall–Kier alpha value is -2.70. The Labute approximate surface area is 159 Å². The Morgan fingerprint density at radius 3 is 2.56 bits per heavy atom. The van der Waals surface area contributed by atoms with Crippen LogP contribution in [0.2, 0.25) is 0 Å². The lowest BCUT2D eigenvalue weighted by atomic mass is 9.99. The number of rotatable bonds is 7. The van der Waals surface area contributed by atoms with Crippen molar-refractivity contribution >= 4 is 17.7 Å². The third-order valence-electron chi connectivity index (χ3n) is 4.88. The van der Waals surface area contributed by atoms with Crippen LogP contribution < -0.4 is 10.5 Å². The van der Waals surface area contributed by atoms with Crippen LogP contribution in [0.1, 0.15) is 34.3 Å². The topological polar surface area (TPSA) is 99.6 Å². The molecule has 0 aromatic heterocycles. The van der Waals surface area contributed by atoms with Crippen molar-refractivity contribution in [1.82, 2.24) is 4.90 Å². The lowest BCUT2D eigenvalue weighted by Gasteiger charge is -2.31. The molecule has 0 radical (unpaired) electrons. The predicted molar refractivity (Wildman–Crippen MR) is 106 cm³/mol. The van der Waals surface area contributed by atoms with Crippen LogP contribution in [0.5, 0.6) is 5.75 Å². The third-order valence-corrected chi connectivity index (χ3v) is 4.88. The monoisotopic (exact) mass is 367 g/mol. The van der Waals surface area contributed by atoms with E-state index in [0.29, 0.717) is 16.8 Å². The molecule has 4 N–H and O–H groups in total. The quantitative estimate of drug-likeness (QED) is 0.396. The van der Waals surface area contributed by atoms with Gasteiger partial charge in [0.25, 0.3) is 0 Å². The summed E-state index contributed by atoms with van der Waals surface area (Å²) >= 11 is 0. The summed E-state index contributed by atoms with van der Waals surface area (Å²) in [6, 6.07) is 12.3. The molecular weight excluding hydrogens is 342 g/mol. The average Bonchev–Trinajstić information content (AvgIpc) is 2.70. The molecule has 3 rings (SSSR count). The van der Waals surface area contributed by atoms with E-state index in [1.165, 1.54) is 0 Å². The Bertz CT molecular complexity index is 797. The van der Waals surface area contributed by atoms with Gasteiger partial charge in [-0.3, -0.25) is 10.2 Å². The minimum absolute atomic E-state index is 0.171. The van der Waals surface area contributed by atoms with Gasteiger partial charge in [-0.1, -0.05) is 0 Å². The SMILES string of the molecule is N=C(c1ccc(OC2CCN(CCO)CC2)cc1)c1cc(C=O)ccc1N. The van der Waals surface area contributed by atoms with Crippen LogP contribution in [0, 0.1) is 5.41 Å². The molecular formula is C21H25N3O3. The van der Waals surface area contributed by atoms with E-state index in [1.54, 1.807) is 18.2 Å². The molecule has 2 aromatic rings. The minimum Gasteiger partial charge on any atom is -0.490 e. The number of carbonyl (C=O) groups is 1. The van der Waals surface area contributed by atoms with Gasteiger partial charge in [-0.15, -0.1) is 0 Å². The van der Waals surface area contributed by atoms with Crippen molar-refractivity contribution in [2.75, 3.05) is 32.0 Å². The van der Waals surface area contributed by atoms with Gasteiger partial charge in [0.05, 0.1) is 12.3 Å². The third kappa shape index (κ3) is 4.72. The number of benzene rings is 2. The molecule has 6 heteroatoms. The number of β-amino-alcohol motifs (C(OH)–C–C–N with tert-alkyl or cyclic N) is 1. The van der Waals surface area contributed by atoms with Crippen molar-refractivity contribution in [2.45, 2.75) is 18.9 Å². The van der Waals surface area contributed by atoms with Crippen LogP contribution in [0.25, 0.3) is 0 Å². The van der Waals surface area contributed by atoms with Gasteiger partial charge in [-0.2, -0.15) is 0 Å². The van der Waals surface area contributed by atoms with E-state index in [9.17, 15) is 4.79 Å². The summed E-state index contributed by atoms with van der Waals surface area (Å²) in [5.41, 5.74) is 8.48. The molecule has 0 atom stereocenters. The fourth-order valence-electron chi connectivity index (χ4n) is 3.30. The maximum atomic E-state index is 11.0. The number of aliphatic hydroxyl groups is 1. The smallest absolute Gasteiger partial charge is 0.150 e. The molecule has 1 fully saturated rings. The van der Waals surface area contributed by atoms with Gasteiger partial charge in [0.1, 0.15) is 18.1 Å². The molecule has 0 spiro atoms. The largest absolute Gasteiger partial charge is 0.490 e. The number of hydrogen-bond acceptors (Lipinski definition) is 6. The highest BCUT2D eigenvalue weighted by Crippen LogP contribution is 2.22. The van der Waals surface area contributed by atoms with Crippen LogP contribution >= 0.6 is 0 Å². The summed E-state index contributed by atoms with van der Waals surface area (Å²) < 4.78 is 6.05. The average molecular weight is 367 g/mol. The standard InChI is InChI=1S/C21H25N3O3/c22-20-6-1-15(14-26)13-19(20)21(23)16-2-4-17(5-3-16)27-18-7-9-24(10-8-18)11-12-25/h1-6,13-14,18,23,25H,7-12,22H2. The Morgan fingerprint density at radius 1 is 1.22 bits per heavy atom. The minimum atomic E-state index is 0.171. The van der Waals surface area contributed by atoms with E-state index in [1.807, 2.05) is 24.3 Å². The van der Waals surface area contributed by atoms with E-state index in [2.05, 4.69) is 4.90 Å². The number of aliphatic hydroxyl groups excluding tert-OH is 1. The van der Waals surface area contributed by atoms with Crippen LogP contribution in [-0.2, 0) is 0 Å². The summed E-state index contributed by atoms with van der Waals surface area (Å²) in [5.74, 6) is 0.779. The summed E-state index contributed by atoms with van der Waals surface area (Å²) in [4.78, 5) is 13.2. The molecule has 0 unspecified atom stereocenters. The molecule has 0 aliphatic carbocycles. The van der Waals surface area contributed by atoms with Crippen molar-refractivity contribution < 1.29 is 14.6 Å². The van der Waals surface area contributed by atoms with E-state index in [-0.39, 0.29) is 18.4 Å². The Balaban J connectivity index is 1.64. The number of nitrogens with two attached hydrogens (primary N) is 1. The van der Waals surface area contributed by atoms with Gasteiger partial charge in [0, 0.05) is 42.0 Å². The van der Waals surface area contributed by atoms with Gasteiger partial charge < -0.3 is 20.5 Å². The molecule has 1 heterocycles. The Kier molecular flexibility index (Phi) is 6.21. The molecule has 6 nitrogen and oxygen atoms in total. The molecule has 1 saturated heterocycles. The maximum Gasteiger partial charge on any atom is 0.150 e. The molecule has 0 saturated carbocycles. The van der Waals surface area contributed by atoms with E-state index in [0.717, 1.165) is 50.1 Å². The summed E-state index contributed by atoms with van der Waals surface area (Å²) in [5, 5.41) is 17.4. The number of nitrogens with one attached hydrogen (secondary N) is 1. The summed E-state index contributed by atoms with van der Waals surface area (Å²) in [6.45, 7) is 2.78. The van der Waals surface area contributed by atoms with Crippen molar-refractivity contribution in [2.24, 2.45) is 0 Å². The van der Waals surface area contributed by atoms with E-state index in [4.69, 9.17) is 21.0 Å². The molecule has 0 amide bonds. The van der Waals surface area contributed by atoms with E-state index >= 15 is 0 Å². The first-order chi connectivity index (χ1) is 13.1. The molecule has 2 aromatic carbocycles. The first kappa shape index (κ1) is 19.1. The fraction of sp³-hybridized carbons (Fsp3) is 0.333. The van der Waals surface area contributed by atoms with Crippen LogP contribution in [0.15, 0.2) is 42.5 Å². The van der Waals surface area contributed by atoms with Crippen LogP contribution in [0.3, 0.4) is 0 Å². The van der Waals surface area contributed by atoms with Crippen molar-refractivity contribution in [3.8, 4) is 5.75 Å². The zero-order chi connectivity index (χ0) is 19.2. The predicted octanol–water partition coefficient (Wildman–Crippen LogP) is 2.33. The highest BCUT2D eigenvalue weighted by Gasteiger charge is 2.20. The maximum absolute atomic E-state index is 11.0. The number of nitrogen functional groups attached to an aromatic ring is 1. The second-order valence-electron chi connectivity index (χ2n) is 6.75. The number of ether oxygens (including phenoxy) is 1. The zero-order valence-corrected chi connectivity index (χ0v) is 15.2. The summed E-state index contributed by atoms with van der Waals surface area (Å²) in [7, 11) is 0. The lowest BCUT2D eigenvalue weighted by Crippen LogP contribution is -2.39. The number of aldehydes is 1. The fourth-order valence-corrected chi connectivity index (χ4v) is 3.30. The number of piperidine rings is 1. The first-order valence-corrected chi connectivity index (χ1v) is 9.14. The van der Waals surface area contributed by atoms with Gasteiger partial charge in [-0.05, 0) is 55.3 Å². The van der Waals surface area contributed by atoms with Crippen LogP contribution in [-0.4, -0.2) is 54.3 Å². The Morgan fingerprint density at radius 2 is 1.93 bits per heavy atom. The molecule has 1 aliphatic heterocycles. The van der Waals surface area contributed by atoms with Crippen molar-refractivity contribution in [3.05, 3.63) is 59.2 Å². The van der Waals surface area contributed by atoms with Gasteiger partial charge in [0.15, 0.2) is 0 Å². The number of nitrogens with zero attached hydrogens (tertiary/aromatic N) is 1. The molecule has 27 heavy (non-hydrogen) atoms. The van der Waals surface area contributed by atoms with Crippen molar-refractivity contribution in [3.63, 3.8) is 0 Å². The first-order valence-electron chi connectivity index (χ1n) is 9.14. The highest BCUT2D eigenvalue weighted by atomic mass is 16.5. The normalized spacial score (nSPS) is 15.4. The zero-order valence-electron chi connectivity index (χ0n) is 15.2. The number of hydrogen-bond donors (Lipinski definition) is 3. The summed E-state index contributed by atoms with van der Waals surface area (Å²) in [6.07, 6.45) is 2.79. The van der Waals surface area contributed by atoms with E-state index < -0.39 is 0 Å². The van der Waals surface area contributed by atoms with Crippen LogP contribution in [0.4, 0.5) is 5.69 Å². The second kappa shape index (κ2) is 8.79. The number of likely N-dealkylation sites (tertiary alicyclic amines) is 1. The molecule has 142 valence electrons. The number of anilines is 1. The molecule has 1 aliphatic rings. The highest BCUT2D eigenvalue weighted by molar-refractivity contribution is 6.14. The second-order valence-corrected chi connectivity index (χ2v) is 6.75. The molecule has 0 bridgehead atoms. The van der Waals surface area contributed by atoms with Crippen molar-refractivity contribution in [1.29, 1.82) is 5.41 Å².